The third kappa shape index (κ3) is 3.30. The van der Waals surface area contributed by atoms with Crippen LogP contribution in [0.4, 0.5) is 22.0 Å². The highest BCUT2D eigenvalue weighted by Gasteiger charge is 2.36. The van der Waals surface area contributed by atoms with E-state index in [1.165, 1.54) is 0 Å². The van der Waals surface area contributed by atoms with Crippen LogP contribution in [0.5, 0.6) is 0 Å². The third-order valence-corrected chi connectivity index (χ3v) is 3.82. The zero-order chi connectivity index (χ0) is 17.5. The van der Waals surface area contributed by atoms with Gasteiger partial charge in [-0.05, 0) is 24.6 Å². The summed E-state index contributed by atoms with van der Waals surface area (Å²) in [6.45, 7) is 0.302. The number of alkyl halides is 3. The van der Waals surface area contributed by atoms with E-state index >= 15 is 0 Å². The predicted molar refractivity (Wildman–Crippen MR) is 74.0 cm³/mol. The molecule has 0 atom stereocenters. The summed E-state index contributed by atoms with van der Waals surface area (Å²) in [7, 11) is 0. The highest BCUT2D eigenvalue weighted by atomic mass is 19.4. The molecule has 1 aromatic carbocycles. The first kappa shape index (κ1) is 16.6. The van der Waals surface area contributed by atoms with Gasteiger partial charge in [0.05, 0.1) is 5.69 Å². The van der Waals surface area contributed by atoms with E-state index in [1.54, 1.807) is 9.88 Å². The molecule has 128 valence electrons. The van der Waals surface area contributed by atoms with E-state index in [4.69, 9.17) is 0 Å². The molecule has 0 aliphatic carbocycles. The molecule has 0 bridgehead atoms. The van der Waals surface area contributed by atoms with Crippen molar-refractivity contribution >= 4 is 0 Å². The average Bonchev–Trinajstić information content (AvgIpc) is 2.49. The quantitative estimate of drug-likeness (QED) is 0.852. The molecule has 1 aliphatic heterocycles. The van der Waals surface area contributed by atoms with Gasteiger partial charge in [0.15, 0.2) is 0 Å². The molecule has 0 saturated heterocycles. The molecule has 0 unspecified atom stereocenters. The zero-order valence-corrected chi connectivity index (χ0v) is 12.3. The Bertz CT molecular complexity index is 831. The molecule has 3 rings (SSSR count). The Hall–Kier alpha value is -2.29. The molecule has 0 fully saturated rings. The average molecular weight is 345 g/mol. The van der Waals surface area contributed by atoms with Crippen LogP contribution in [0.3, 0.4) is 0 Å². The second-order valence-electron chi connectivity index (χ2n) is 5.53. The lowest BCUT2D eigenvalue weighted by molar-refractivity contribution is -0.145. The lowest BCUT2D eigenvalue weighted by atomic mass is 10.1. The maximum Gasteiger partial charge on any atom is 0.449 e. The van der Waals surface area contributed by atoms with Gasteiger partial charge >= 0.3 is 6.18 Å². The summed E-state index contributed by atoms with van der Waals surface area (Å²) < 4.78 is 65.1. The first-order valence-corrected chi connectivity index (χ1v) is 7.09. The van der Waals surface area contributed by atoms with E-state index < -0.39 is 29.2 Å². The van der Waals surface area contributed by atoms with E-state index in [1.807, 2.05) is 0 Å². The van der Waals surface area contributed by atoms with Gasteiger partial charge in [0, 0.05) is 30.8 Å². The van der Waals surface area contributed by atoms with E-state index in [-0.39, 0.29) is 36.3 Å². The first-order chi connectivity index (χ1) is 11.2. The van der Waals surface area contributed by atoms with Crippen molar-refractivity contribution in [2.24, 2.45) is 0 Å². The molecule has 1 N–H and O–H groups in total. The van der Waals surface area contributed by atoms with Gasteiger partial charge < -0.3 is 4.98 Å². The van der Waals surface area contributed by atoms with Crippen molar-refractivity contribution in [1.82, 2.24) is 14.9 Å². The number of fused-ring (bicyclic) bond motifs is 1. The zero-order valence-electron chi connectivity index (χ0n) is 12.3. The van der Waals surface area contributed by atoms with Crippen molar-refractivity contribution in [3.8, 4) is 0 Å². The number of hydrogen-bond donors (Lipinski definition) is 1. The lowest BCUT2D eigenvalue weighted by Crippen LogP contribution is -2.36. The normalized spacial score (nSPS) is 15.4. The van der Waals surface area contributed by atoms with Crippen molar-refractivity contribution in [3.05, 3.63) is 62.8 Å². The predicted octanol–water partition coefficient (Wildman–Crippen LogP) is 2.63. The summed E-state index contributed by atoms with van der Waals surface area (Å²) in [5.74, 6) is -2.56. The number of hydrogen-bond acceptors (Lipinski definition) is 3. The van der Waals surface area contributed by atoms with Gasteiger partial charge in [-0.15, -0.1) is 0 Å². The number of nitrogens with one attached hydrogen (secondary N) is 1. The summed E-state index contributed by atoms with van der Waals surface area (Å²) in [6, 6.07) is 3.02. The van der Waals surface area contributed by atoms with Gasteiger partial charge in [-0.1, -0.05) is 0 Å². The van der Waals surface area contributed by atoms with E-state index in [0.29, 0.717) is 6.54 Å². The fraction of sp³-hybridized carbons (Fsp3) is 0.333. The van der Waals surface area contributed by atoms with Crippen LogP contribution in [0.25, 0.3) is 0 Å². The van der Waals surface area contributed by atoms with Crippen molar-refractivity contribution in [2.75, 3.05) is 6.54 Å². The highest BCUT2D eigenvalue weighted by molar-refractivity contribution is 5.23. The van der Waals surface area contributed by atoms with Crippen molar-refractivity contribution in [3.63, 3.8) is 0 Å². The molecular formula is C15H12F5N3O. The number of nitrogens with zero attached hydrogens (tertiary/aromatic N) is 2. The second-order valence-corrected chi connectivity index (χ2v) is 5.53. The molecule has 1 aromatic heterocycles. The van der Waals surface area contributed by atoms with Gasteiger partial charge in [-0.25, -0.2) is 13.8 Å². The Kier molecular flexibility index (Phi) is 4.12. The minimum Gasteiger partial charge on any atom is -0.303 e. The van der Waals surface area contributed by atoms with Crippen LogP contribution >= 0.6 is 0 Å². The number of H-pyrrole nitrogens is 1. The maximum atomic E-state index is 13.7. The molecule has 2 aromatic rings. The smallest absolute Gasteiger partial charge is 0.303 e. The Balaban J connectivity index is 1.87. The molecular weight excluding hydrogens is 333 g/mol. The van der Waals surface area contributed by atoms with Crippen LogP contribution in [0.15, 0.2) is 23.0 Å². The van der Waals surface area contributed by atoms with E-state index in [9.17, 15) is 26.7 Å². The molecule has 9 heteroatoms. The molecule has 0 radical (unpaired) electrons. The number of aromatic nitrogens is 2. The summed E-state index contributed by atoms with van der Waals surface area (Å²) in [5, 5.41) is 0. The SMILES string of the molecule is O=c1[nH]c(C(F)(F)F)nc2c1CCN(Cc1cc(F)ccc1F)C2. The lowest BCUT2D eigenvalue weighted by Gasteiger charge is -2.28. The number of benzene rings is 1. The van der Waals surface area contributed by atoms with Crippen molar-refractivity contribution in [2.45, 2.75) is 25.7 Å². The Morgan fingerprint density at radius 2 is 2.00 bits per heavy atom. The highest BCUT2D eigenvalue weighted by Crippen LogP contribution is 2.27. The van der Waals surface area contributed by atoms with E-state index in [0.717, 1.165) is 18.2 Å². The van der Waals surface area contributed by atoms with Crippen LogP contribution in [0.2, 0.25) is 0 Å². The first-order valence-electron chi connectivity index (χ1n) is 7.09. The number of rotatable bonds is 2. The molecule has 0 saturated carbocycles. The molecule has 4 nitrogen and oxygen atoms in total. The Morgan fingerprint density at radius 3 is 2.71 bits per heavy atom. The largest absolute Gasteiger partial charge is 0.449 e. The van der Waals surface area contributed by atoms with E-state index in [2.05, 4.69) is 4.98 Å². The molecule has 24 heavy (non-hydrogen) atoms. The third-order valence-electron chi connectivity index (χ3n) is 3.82. The molecule has 0 spiro atoms. The van der Waals surface area contributed by atoms with Gasteiger partial charge in [-0.2, -0.15) is 13.2 Å². The van der Waals surface area contributed by atoms with Gasteiger partial charge in [0.1, 0.15) is 11.6 Å². The Morgan fingerprint density at radius 1 is 1.25 bits per heavy atom. The standard InChI is InChI=1S/C15H12F5N3O/c16-9-1-2-11(17)8(5-9)6-23-4-3-10-12(7-23)21-14(15(18,19)20)22-13(10)24/h1-2,5H,3-4,6-7H2,(H,21,22,24). The van der Waals surface area contributed by atoms with Crippen molar-refractivity contribution in [1.29, 1.82) is 0 Å². The van der Waals surface area contributed by atoms with Gasteiger partial charge in [0.2, 0.25) is 5.82 Å². The fourth-order valence-corrected chi connectivity index (χ4v) is 2.67. The fourth-order valence-electron chi connectivity index (χ4n) is 2.67. The summed E-state index contributed by atoms with van der Waals surface area (Å²) in [4.78, 5) is 18.6. The van der Waals surface area contributed by atoms with Gasteiger partial charge in [-0.3, -0.25) is 9.69 Å². The Labute approximate surface area is 132 Å². The van der Waals surface area contributed by atoms with Gasteiger partial charge in [0.25, 0.3) is 5.56 Å². The molecule has 2 heterocycles. The summed E-state index contributed by atoms with van der Waals surface area (Å²) in [5.41, 5.74) is -0.517. The minimum atomic E-state index is -4.76. The molecule has 1 aliphatic rings. The second kappa shape index (κ2) is 5.97. The number of halogens is 5. The van der Waals surface area contributed by atoms with Crippen LogP contribution in [-0.2, 0) is 25.7 Å². The molecule has 0 amide bonds. The summed E-state index contributed by atoms with van der Waals surface area (Å²) >= 11 is 0. The van der Waals surface area contributed by atoms with Crippen LogP contribution in [0, 0.1) is 11.6 Å². The summed E-state index contributed by atoms with van der Waals surface area (Å²) in [6.07, 6.45) is -4.57. The van der Waals surface area contributed by atoms with Crippen LogP contribution < -0.4 is 5.56 Å². The topological polar surface area (TPSA) is 49.0 Å². The van der Waals surface area contributed by atoms with Crippen molar-refractivity contribution < 1.29 is 22.0 Å². The number of aromatic amines is 1. The minimum absolute atomic E-state index is 0.00846. The van der Waals surface area contributed by atoms with Crippen LogP contribution in [-0.4, -0.2) is 21.4 Å². The maximum absolute atomic E-state index is 13.7. The monoisotopic (exact) mass is 345 g/mol. The van der Waals surface area contributed by atoms with Crippen LogP contribution in [0.1, 0.15) is 22.6 Å².